The Balaban J connectivity index is 2.42. The molecule has 4 heteroatoms. The molecule has 0 aliphatic rings. The van der Waals surface area contributed by atoms with Gasteiger partial charge in [-0.05, 0) is 25.6 Å². The number of nitrogens with zero attached hydrogens (tertiary/aromatic N) is 1. The van der Waals surface area contributed by atoms with E-state index in [9.17, 15) is 4.39 Å². The van der Waals surface area contributed by atoms with Crippen LogP contribution in [-0.2, 0) is 6.42 Å². The summed E-state index contributed by atoms with van der Waals surface area (Å²) in [5.74, 6) is -0.226. The lowest BCUT2D eigenvalue weighted by molar-refractivity contribution is 0.631. The molecule has 0 aliphatic carbocycles. The van der Waals surface area contributed by atoms with Gasteiger partial charge in [-0.25, -0.2) is 9.37 Å². The molecular weight excluding hydrogens is 223 g/mol. The number of hydrogen-bond acceptors (Lipinski definition) is 3. The third kappa shape index (κ3) is 2.13. The van der Waals surface area contributed by atoms with Crippen LogP contribution in [0, 0.1) is 12.7 Å². The van der Waals surface area contributed by atoms with Gasteiger partial charge in [0.25, 0.3) is 0 Å². The van der Waals surface area contributed by atoms with Gasteiger partial charge in [-0.1, -0.05) is 12.1 Å². The first-order valence-electron chi connectivity index (χ1n) is 5.13. The van der Waals surface area contributed by atoms with Gasteiger partial charge >= 0.3 is 0 Å². The Morgan fingerprint density at radius 3 is 2.81 bits per heavy atom. The molecular formula is C12H13FN2S. The zero-order chi connectivity index (χ0) is 11.5. The van der Waals surface area contributed by atoms with E-state index in [1.165, 1.54) is 17.4 Å². The predicted molar refractivity (Wildman–Crippen MR) is 65.0 cm³/mol. The molecule has 0 saturated heterocycles. The second-order valence-corrected chi connectivity index (χ2v) is 4.74. The molecule has 0 bridgehead atoms. The molecule has 1 aromatic heterocycles. The van der Waals surface area contributed by atoms with Crippen LogP contribution in [0.5, 0.6) is 0 Å². The standard InChI is InChI=1S/C12H13FN2S/c1-8-11(6-7-14)15-12(16-8)9-4-2-3-5-10(9)13/h2-5H,6-7,14H2,1H3. The fraction of sp³-hybridized carbons (Fsp3) is 0.250. The van der Waals surface area contributed by atoms with Crippen LogP contribution in [0.2, 0.25) is 0 Å². The predicted octanol–water partition coefficient (Wildman–Crippen LogP) is 2.76. The maximum absolute atomic E-state index is 13.5. The fourth-order valence-corrected chi connectivity index (χ4v) is 2.53. The fourth-order valence-electron chi connectivity index (χ4n) is 1.55. The molecule has 84 valence electrons. The van der Waals surface area contributed by atoms with Gasteiger partial charge in [0.05, 0.1) is 5.69 Å². The quantitative estimate of drug-likeness (QED) is 0.890. The van der Waals surface area contributed by atoms with Crippen molar-refractivity contribution in [3.63, 3.8) is 0 Å². The molecule has 2 nitrogen and oxygen atoms in total. The van der Waals surface area contributed by atoms with Crippen molar-refractivity contribution in [2.45, 2.75) is 13.3 Å². The normalized spacial score (nSPS) is 10.7. The van der Waals surface area contributed by atoms with Gasteiger partial charge in [-0.15, -0.1) is 11.3 Å². The number of halogens is 1. The number of rotatable bonds is 3. The lowest BCUT2D eigenvalue weighted by Gasteiger charge is -1.97. The second-order valence-electron chi connectivity index (χ2n) is 3.54. The van der Waals surface area contributed by atoms with Gasteiger partial charge in [-0.3, -0.25) is 0 Å². The summed E-state index contributed by atoms with van der Waals surface area (Å²) in [5.41, 5.74) is 7.04. The van der Waals surface area contributed by atoms with E-state index in [2.05, 4.69) is 4.98 Å². The molecule has 1 heterocycles. The molecule has 0 aliphatic heterocycles. The summed E-state index contributed by atoms with van der Waals surface area (Å²) in [5, 5.41) is 0.735. The topological polar surface area (TPSA) is 38.9 Å². The number of nitrogens with two attached hydrogens (primary N) is 1. The van der Waals surface area contributed by atoms with Gasteiger partial charge in [-0.2, -0.15) is 0 Å². The third-order valence-corrected chi connectivity index (χ3v) is 3.42. The summed E-state index contributed by atoms with van der Waals surface area (Å²) in [6, 6.07) is 6.70. The lowest BCUT2D eigenvalue weighted by Crippen LogP contribution is -2.03. The van der Waals surface area contributed by atoms with Crippen molar-refractivity contribution < 1.29 is 4.39 Å². The van der Waals surface area contributed by atoms with Gasteiger partial charge in [0, 0.05) is 16.9 Å². The number of aryl methyl sites for hydroxylation is 1. The molecule has 2 rings (SSSR count). The Labute approximate surface area is 97.9 Å². The van der Waals surface area contributed by atoms with Crippen molar-refractivity contribution in [3.05, 3.63) is 40.7 Å². The number of benzene rings is 1. The maximum Gasteiger partial charge on any atom is 0.133 e. The van der Waals surface area contributed by atoms with Crippen molar-refractivity contribution in [2.75, 3.05) is 6.54 Å². The first kappa shape index (κ1) is 11.2. The van der Waals surface area contributed by atoms with Crippen molar-refractivity contribution >= 4 is 11.3 Å². The van der Waals surface area contributed by atoms with E-state index in [1.807, 2.05) is 13.0 Å². The van der Waals surface area contributed by atoms with Crippen LogP contribution in [0.3, 0.4) is 0 Å². The Kier molecular flexibility index (Phi) is 3.31. The first-order valence-corrected chi connectivity index (χ1v) is 5.95. The molecule has 0 atom stereocenters. The molecule has 0 fully saturated rings. The van der Waals surface area contributed by atoms with Crippen molar-refractivity contribution in [1.82, 2.24) is 4.98 Å². The van der Waals surface area contributed by atoms with Gasteiger partial charge in [0.1, 0.15) is 10.8 Å². The van der Waals surface area contributed by atoms with E-state index < -0.39 is 0 Å². The average molecular weight is 236 g/mol. The third-order valence-electron chi connectivity index (χ3n) is 2.38. The average Bonchev–Trinajstić information content (AvgIpc) is 2.61. The van der Waals surface area contributed by atoms with Crippen LogP contribution < -0.4 is 5.73 Å². The van der Waals surface area contributed by atoms with Gasteiger partial charge < -0.3 is 5.73 Å². The largest absolute Gasteiger partial charge is 0.330 e. The Morgan fingerprint density at radius 1 is 1.38 bits per heavy atom. The molecule has 0 spiro atoms. The van der Waals surface area contributed by atoms with E-state index in [1.54, 1.807) is 12.1 Å². The summed E-state index contributed by atoms with van der Waals surface area (Å²) in [4.78, 5) is 5.54. The summed E-state index contributed by atoms with van der Waals surface area (Å²) in [6.07, 6.45) is 0.747. The maximum atomic E-state index is 13.5. The Hall–Kier alpha value is -1.26. The van der Waals surface area contributed by atoms with Crippen molar-refractivity contribution in [1.29, 1.82) is 0 Å². The van der Waals surface area contributed by atoms with E-state index in [0.717, 1.165) is 22.0 Å². The molecule has 0 unspecified atom stereocenters. The van der Waals surface area contributed by atoms with Crippen molar-refractivity contribution in [2.24, 2.45) is 5.73 Å². The van der Waals surface area contributed by atoms with Crippen LogP contribution >= 0.6 is 11.3 Å². The SMILES string of the molecule is Cc1sc(-c2ccccc2F)nc1CCN. The summed E-state index contributed by atoms with van der Waals surface area (Å²) < 4.78 is 13.5. The molecule has 1 aromatic carbocycles. The zero-order valence-corrected chi connectivity index (χ0v) is 9.85. The van der Waals surface area contributed by atoms with Crippen molar-refractivity contribution in [3.8, 4) is 10.6 Å². The molecule has 0 radical (unpaired) electrons. The van der Waals surface area contributed by atoms with Gasteiger partial charge in [0.2, 0.25) is 0 Å². The van der Waals surface area contributed by atoms with Crippen LogP contribution in [0.4, 0.5) is 4.39 Å². The van der Waals surface area contributed by atoms with Crippen LogP contribution in [0.1, 0.15) is 10.6 Å². The molecule has 16 heavy (non-hydrogen) atoms. The monoisotopic (exact) mass is 236 g/mol. The highest BCUT2D eigenvalue weighted by atomic mass is 32.1. The minimum atomic E-state index is -0.226. The minimum Gasteiger partial charge on any atom is -0.330 e. The van der Waals surface area contributed by atoms with E-state index in [4.69, 9.17) is 5.73 Å². The molecule has 0 amide bonds. The van der Waals surface area contributed by atoms with E-state index in [0.29, 0.717) is 12.1 Å². The van der Waals surface area contributed by atoms with Crippen LogP contribution in [0.15, 0.2) is 24.3 Å². The Morgan fingerprint density at radius 2 is 2.12 bits per heavy atom. The smallest absolute Gasteiger partial charge is 0.133 e. The Bertz CT molecular complexity index is 494. The highest BCUT2D eigenvalue weighted by molar-refractivity contribution is 7.15. The summed E-state index contributed by atoms with van der Waals surface area (Å²) in [6.45, 7) is 2.56. The summed E-state index contributed by atoms with van der Waals surface area (Å²) >= 11 is 1.51. The van der Waals surface area contributed by atoms with E-state index in [-0.39, 0.29) is 5.82 Å². The molecule has 2 N–H and O–H groups in total. The van der Waals surface area contributed by atoms with Crippen LogP contribution in [-0.4, -0.2) is 11.5 Å². The number of thiazole rings is 1. The van der Waals surface area contributed by atoms with Gasteiger partial charge in [0.15, 0.2) is 0 Å². The van der Waals surface area contributed by atoms with E-state index >= 15 is 0 Å². The zero-order valence-electron chi connectivity index (χ0n) is 9.03. The molecule has 0 saturated carbocycles. The minimum absolute atomic E-state index is 0.226. The highest BCUT2D eigenvalue weighted by Crippen LogP contribution is 2.29. The lowest BCUT2D eigenvalue weighted by atomic mass is 10.2. The summed E-state index contributed by atoms with van der Waals surface area (Å²) in [7, 11) is 0. The molecule has 2 aromatic rings. The van der Waals surface area contributed by atoms with Crippen LogP contribution in [0.25, 0.3) is 10.6 Å². The second kappa shape index (κ2) is 4.72. The highest BCUT2D eigenvalue weighted by Gasteiger charge is 2.11. The number of hydrogen-bond donors (Lipinski definition) is 1. The first-order chi connectivity index (χ1) is 7.72. The number of aromatic nitrogens is 1.